The monoisotopic (exact) mass is 523 g/mol. The van der Waals surface area contributed by atoms with E-state index in [9.17, 15) is 4.79 Å². The molecule has 1 atom stereocenters. The second-order valence-electron chi connectivity index (χ2n) is 11.6. The number of pyridine rings is 1. The van der Waals surface area contributed by atoms with Gasteiger partial charge in [0.1, 0.15) is 5.69 Å². The minimum atomic E-state index is -0.290. The average Bonchev–Trinajstić information content (AvgIpc) is 3.61. The zero-order valence-corrected chi connectivity index (χ0v) is 23.1. The molecule has 1 N–H and O–H groups in total. The number of carbonyl (C=O) groups is 1. The number of aryl methyl sites for hydroxylation is 3. The highest BCUT2D eigenvalue weighted by atomic mass is 16.4. The molecule has 9 heteroatoms. The van der Waals surface area contributed by atoms with Gasteiger partial charge in [-0.1, -0.05) is 45.4 Å². The number of carbonyl (C=O) groups excluding carboxylic acids is 1. The standard InChI is InChI=1S/C30H33N7O2/c1-17-14-23(36-37(17)5)26-32-25-22(12-13-31-27(25)33-26)20-10-11-21-18(15-20)8-6-7-9-19(21)16-24(38)28-34-35-29(39-28)30(2,3)4/h10-15,19H,6-9,16H2,1-5H3,(H,31,32,33). The van der Waals surface area contributed by atoms with E-state index in [-0.39, 0.29) is 23.0 Å². The molecule has 5 aromatic rings. The first kappa shape index (κ1) is 25.2. The Labute approximate surface area is 227 Å². The summed E-state index contributed by atoms with van der Waals surface area (Å²) in [6.07, 6.45) is 6.28. The molecule has 0 bridgehead atoms. The van der Waals surface area contributed by atoms with E-state index < -0.39 is 0 Å². The van der Waals surface area contributed by atoms with Gasteiger partial charge in [-0.05, 0) is 60.9 Å². The SMILES string of the molecule is Cc1cc(-c2nc3nccc(-c4ccc5c(c4)CCCCC5CC(=O)c4nnc(C(C)(C)C)o4)c3[nH]2)nn1C. The molecule has 6 rings (SSSR count). The Morgan fingerprint density at radius 2 is 2.00 bits per heavy atom. The summed E-state index contributed by atoms with van der Waals surface area (Å²) < 4.78 is 7.58. The van der Waals surface area contributed by atoms with Crippen LogP contribution in [0.3, 0.4) is 0 Å². The Morgan fingerprint density at radius 1 is 1.15 bits per heavy atom. The van der Waals surface area contributed by atoms with Crippen molar-refractivity contribution in [2.45, 2.75) is 71.1 Å². The van der Waals surface area contributed by atoms with Gasteiger partial charge >= 0.3 is 0 Å². The van der Waals surface area contributed by atoms with Gasteiger partial charge in [0.2, 0.25) is 11.7 Å². The fourth-order valence-electron chi connectivity index (χ4n) is 5.36. The predicted octanol–water partition coefficient (Wildman–Crippen LogP) is 6.10. The number of hydrogen-bond acceptors (Lipinski definition) is 7. The number of fused-ring (bicyclic) bond motifs is 2. The van der Waals surface area contributed by atoms with Gasteiger partial charge < -0.3 is 9.40 Å². The highest BCUT2D eigenvalue weighted by molar-refractivity contribution is 5.93. The first-order valence-electron chi connectivity index (χ1n) is 13.5. The summed E-state index contributed by atoms with van der Waals surface area (Å²) in [7, 11) is 1.92. The highest BCUT2D eigenvalue weighted by Crippen LogP contribution is 2.37. The van der Waals surface area contributed by atoms with Crippen molar-refractivity contribution in [1.29, 1.82) is 0 Å². The number of aromatic amines is 1. The third kappa shape index (κ3) is 4.77. The molecule has 0 radical (unpaired) electrons. The van der Waals surface area contributed by atoms with E-state index in [0.717, 1.165) is 53.7 Å². The molecule has 0 aliphatic heterocycles. The Bertz CT molecular complexity index is 1670. The number of nitrogens with zero attached hydrogens (tertiary/aromatic N) is 6. The molecule has 0 saturated carbocycles. The minimum absolute atomic E-state index is 0.0921. The van der Waals surface area contributed by atoms with Gasteiger partial charge in [-0.15, -0.1) is 10.2 Å². The first-order valence-corrected chi connectivity index (χ1v) is 13.5. The third-order valence-corrected chi connectivity index (χ3v) is 7.63. The molecule has 200 valence electrons. The zero-order valence-electron chi connectivity index (χ0n) is 23.1. The third-order valence-electron chi connectivity index (χ3n) is 7.63. The van der Waals surface area contributed by atoms with Crippen molar-refractivity contribution >= 4 is 16.9 Å². The lowest BCUT2D eigenvalue weighted by molar-refractivity contribution is 0.0935. The van der Waals surface area contributed by atoms with Gasteiger partial charge in [0, 0.05) is 36.3 Å². The fourth-order valence-corrected chi connectivity index (χ4v) is 5.36. The lowest BCUT2D eigenvalue weighted by atomic mass is 9.87. The van der Waals surface area contributed by atoms with Crippen molar-refractivity contribution in [3.05, 3.63) is 65.1 Å². The normalized spacial score (nSPS) is 15.9. The maximum Gasteiger partial charge on any atom is 0.284 e. The second-order valence-corrected chi connectivity index (χ2v) is 11.6. The van der Waals surface area contributed by atoms with Crippen LogP contribution in [0.2, 0.25) is 0 Å². The van der Waals surface area contributed by atoms with Crippen molar-refractivity contribution in [3.8, 4) is 22.6 Å². The van der Waals surface area contributed by atoms with Gasteiger partial charge in [0.25, 0.3) is 5.89 Å². The lowest BCUT2D eigenvalue weighted by Gasteiger charge is -2.17. The number of hydrogen-bond donors (Lipinski definition) is 1. The topological polar surface area (TPSA) is 115 Å². The van der Waals surface area contributed by atoms with Crippen LogP contribution in [0.4, 0.5) is 0 Å². The van der Waals surface area contributed by atoms with Crippen molar-refractivity contribution in [2.75, 3.05) is 0 Å². The Morgan fingerprint density at radius 3 is 2.74 bits per heavy atom. The van der Waals surface area contributed by atoms with E-state index in [1.807, 2.05) is 51.6 Å². The molecule has 4 aromatic heterocycles. The molecule has 39 heavy (non-hydrogen) atoms. The zero-order chi connectivity index (χ0) is 27.3. The van der Waals surface area contributed by atoms with E-state index in [0.29, 0.717) is 23.8 Å². The van der Waals surface area contributed by atoms with E-state index >= 15 is 0 Å². The molecule has 0 fully saturated rings. The van der Waals surface area contributed by atoms with Crippen LogP contribution >= 0.6 is 0 Å². The second kappa shape index (κ2) is 9.55. The van der Waals surface area contributed by atoms with Crippen LogP contribution in [0.25, 0.3) is 33.8 Å². The molecule has 1 unspecified atom stereocenters. The summed E-state index contributed by atoms with van der Waals surface area (Å²) in [5, 5.41) is 12.7. The Hall–Kier alpha value is -4.14. The van der Waals surface area contributed by atoms with Gasteiger partial charge in [-0.3, -0.25) is 9.48 Å². The average molecular weight is 524 g/mol. The van der Waals surface area contributed by atoms with E-state index in [2.05, 4.69) is 43.5 Å². The maximum absolute atomic E-state index is 13.1. The quantitative estimate of drug-likeness (QED) is 0.219. The number of Topliss-reactive ketones (excluding diaryl/α,β-unsaturated/α-hetero) is 1. The summed E-state index contributed by atoms with van der Waals surface area (Å²) in [6, 6.07) is 10.6. The number of nitrogens with one attached hydrogen (secondary N) is 1. The Balaban J connectivity index is 1.31. The fraction of sp³-hybridized carbons (Fsp3) is 0.400. The largest absolute Gasteiger partial charge is 0.418 e. The predicted molar refractivity (Wildman–Crippen MR) is 149 cm³/mol. The van der Waals surface area contributed by atoms with E-state index in [1.54, 1.807) is 6.20 Å². The molecule has 0 amide bonds. The summed E-state index contributed by atoms with van der Waals surface area (Å²) in [5.41, 5.74) is 7.80. The first-order chi connectivity index (χ1) is 18.7. The van der Waals surface area contributed by atoms with Crippen molar-refractivity contribution < 1.29 is 9.21 Å². The van der Waals surface area contributed by atoms with Crippen LogP contribution in [-0.2, 0) is 18.9 Å². The van der Waals surface area contributed by atoms with Crippen LogP contribution in [0, 0.1) is 6.92 Å². The molecule has 0 spiro atoms. The van der Waals surface area contributed by atoms with Crippen LogP contribution in [0.1, 0.15) is 85.8 Å². The number of aromatic nitrogens is 7. The maximum atomic E-state index is 13.1. The molecule has 1 aromatic carbocycles. The summed E-state index contributed by atoms with van der Waals surface area (Å²) in [6.45, 7) is 8.00. The van der Waals surface area contributed by atoms with Gasteiger partial charge in [-0.25, -0.2) is 9.97 Å². The van der Waals surface area contributed by atoms with Crippen LogP contribution < -0.4 is 0 Å². The van der Waals surface area contributed by atoms with Crippen molar-refractivity contribution in [3.63, 3.8) is 0 Å². The van der Waals surface area contributed by atoms with Crippen molar-refractivity contribution in [1.82, 2.24) is 34.9 Å². The number of ketones is 1. The molecule has 4 heterocycles. The van der Waals surface area contributed by atoms with E-state index in [1.165, 1.54) is 11.1 Å². The summed E-state index contributed by atoms with van der Waals surface area (Å²) in [4.78, 5) is 25.8. The Kier molecular flexibility index (Phi) is 6.16. The van der Waals surface area contributed by atoms with Gasteiger partial charge in [-0.2, -0.15) is 5.10 Å². The smallest absolute Gasteiger partial charge is 0.284 e. The van der Waals surface area contributed by atoms with Gasteiger partial charge in [0.15, 0.2) is 11.5 Å². The molecule has 1 aliphatic rings. The van der Waals surface area contributed by atoms with Crippen molar-refractivity contribution in [2.24, 2.45) is 7.05 Å². The molecule has 1 aliphatic carbocycles. The van der Waals surface area contributed by atoms with Crippen LogP contribution in [0.5, 0.6) is 0 Å². The number of imidazole rings is 1. The number of benzene rings is 1. The lowest BCUT2D eigenvalue weighted by Crippen LogP contribution is -2.11. The molecular formula is C30H33N7O2. The summed E-state index contributed by atoms with van der Waals surface area (Å²) in [5.74, 6) is 1.33. The summed E-state index contributed by atoms with van der Waals surface area (Å²) >= 11 is 0. The molecule has 9 nitrogen and oxygen atoms in total. The van der Waals surface area contributed by atoms with E-state index in [4.69, 9.17) is 9.40 Å². The highest BCUT2D eigenvalue weighted by Gasteiger charge is 2.28. The number of rotatable bonds is 5. The molecule has 0 saturated heterocycles. The number of H-pyrrole nitrogens is 1. The van der Waals surface area contributed by atoms with Crippen LogP contribution in [-0.4, -0.2) is 40.7 Å². The van der Waals surface area contributed by atoms with Gasteiger partial charge in [0.05, 0.1) is 5.52 Å². The minimum Gasteiger partial charge on any atom is -0.418 e. The van der Waals surface area contributed by atoms with Crippen LogP contribution in [0.15, 0.2) is 40.9 Å². The molecular weight excluding hydrogens is 490 g/mol.